The number of hydrogen-bond acceptors (Lipinski definition) is 2. The van der Waals surface area contributed by atoms with E-state index in [1.54, 1.807) is 7.05 Å². The summed E-state index contributed by atoms with van der Waals surface area (Å²) in [7, 11) is 1.80. The molecule has 1 aliphatic rings. The van der Waals surface area contributed by atoms with Gasteiger partial charge in [0.05, 0.1) is 6.61 Å². The van der Waals surface area contributed by atoms with E-state index in [4.69, 9.17) is 4.74 Å². The molecule has 0 bridgehead atoms. The Bertz CT molecular complexity index is 212. The van der Waals surface area contributed by atoms with E-state index in [0.29, 0.717) is 5.92 Å². The van der Waals surface area contributed by atoms with Crippen LogP contribution in [0.1, 0.15) is 26.7 Å². The van der Waals surface area contributed by atoms with Crippen LogP contribution < -0.4 is 10.6 Å². The van der Waals surface area contributed by atoms with Gasteiger partial charge < -0.3 is 15.4 Å². The predicted octanol–water partition coefficient (Wildman–Crippen LogP) is 1.23. The number of ether oxygens (including phenoxy) is 1. The van der Waals surface area contributed by atoms with Crippen molar-refractivity contribution in [2.45, 2.75) is 26.7 Å². The molecule has 16 heavy (non-hydrogen) atoms. The van der Waals surface area contributed by atoms with Gasteiger partial charge in [-0.25, -0.2) is 0 Å². The predicted molar refractivity (Wildman–Crippen MR) is 67.7 cm³/mol. The zero-order chi connectivity index (χ0) is 11.8. The number of rotatable bonds is 7. The molecule has 0 atom stereocenters. The average Bonchev–Trinajstić information content (AvgIpc) is 3.05. The molecule has 1 fully saturated rings. The Kier molecular flexibility index (Phi) is 6.23. The Morgan fingerprint density at radius 1 is 1.38 bits per heavy atom. The second-order valence-electron chi connectivity index (χ2n) is 4.79. The topological polar surface area (TPSA) is 45.7 Å². The highest BCUT2D eigenvalue weighted by molar-refractivity contribution is 5.79. The minimum atomic E-state index is 0.604. The smallest absolute Gasteiger partial charge is 0.191 e. The fraction of sp³-hybridized carbons (Fsp3) is 0.917. The fourth-order valence-electron chi connectivity index (χ4n) is 1.34. The Morgan fingerprint density at radius 2 is 2.12 bits per heavy atom. The first-order valence-electron chi connectivity index (χ1n) is 6.24. The summed E-state index contributed by atoms with van der Waals surface area (Å²) in [5, 5.41) is 6.55. The van der Waals surface area contributed by atoms with Crippen LogP contribution in [0.2, 0.25) is 0 Å². The maximum absolute atomic E-state index is 5.48. The summed E-state index contributed by atoms with van der Waals surface area (Å²) in [5.74, 6) is 2.36. The van der Waals surface area contributed by atoms with E-state index in [0.717, 1.165) is 38.2 Å². The Morgan fingerprint density at radius 3 is 2.69 bits per heavy atom. The van der Waals surface area contributed by atoms with Crippen molar-refractivity contribution in [3.05, 3.63) is 0 Å². The van der Waals surface area contributed by atoms with Crippen molar-refractivity contribution in [1.29, 1.82) is 0 Å². The van der Waals surface area contributed by atoms with Crippen LogP contribution in [0.4, 0.5) is 0 Å². The molecule has 0 saturated heterocycles. The number of nitrogens with zero attached hydrogens (tertiary/aromatic N) is 1. The highest BCUT2D eigenvalue weighted by Crippen LogP contribution is 2.27. The van der Waals surface area contributed by atoms with Crippen LogP contribution in [-0.4, -0.2) is 39.3 Å². The molecule has 4 heteroatoms. The van der Waals surface area contributed by atoms with Gasteiger partial charge >= 0.3 is 0 Å². The molecule has 0 aromatic heterocycles. The molecule has 0 radical (unpaired) electrons. The molecule has 2 N–H and O–H groups in total. The number of aliphatic imine (C=N–C) groups is 1. The zero-order valence-corrected chi connectivity index (χ0v) is 10.8. The zero-order valence-electron chi connectivity index (χ0n) is 10.8. The first kappa shape index (κ1) is 13.3. The second-order valence-corrected chi connectivity index (χ2v) is 4.79. The third-order valence-corrected chi connectivity index (χ3v) is 2.47. The maximum Gasteiger partial charge on any atom is 0.191 e. The molecule has 0 aliphatic heterocycles. The van der Waals surface area contributed by atoms with Crippen molar-refractivity contribution >= 4 is 5.96 Å². The summed E-state index contributed by atoms with van der Waals surface area (Å²) in [6.07, 6.45) is 2.73. The monoisotopic (exact) mass is 227 g/mol. The molecule has 0 aromatic carbocycles. The van der Waals surface area contributed by atoms with Gasteiger partial charge in [-0.1, -0.05) is 13.8 Å². The highest BCUT2D eigenvalue weighted by Gasteiger charge is 2.20. The molecule has 1 saturated carbocycles. The van der Waals surface area contributed by atoms with Gasteiger partial charge in [0.15, 0.2) is 5.96 Å². The maximum atomic E-state index is 5.48. The van der Waals surface area contributed by atoms with Gasteiger partial charge in [0.2, 0.25) is 0 Å². The van der Waals surface area contributed by atoms with Crippen molar-refractivity contribution in [2.75, 3.05) is 33.4 Å². The van der Waals surface area contributed by atoms with Gasteiger partial charge in [-0.3, -0.25) is 4.99 Å². The van der Waals surface area contributed by atoms with Gasteiger partial charge in [-0.15, -0.1) is 0 Å². The molecule has 0 heterocycles. The molecule has 0 spiro atoms. The first-order valence-corrected chi connectivity index (χ1v) is 6.24. The van der Waals surface area contributed by atoms with Gasteiger partial charge in [0, 0.05) is 26.7 Å². The fourth-order valence-corrected chi connectivity index (χ4v) is 1.34. The van der Waals surface area contributed by atoms with Crippen LogP contribution in [-0.2, 0) is 4.74 Å². The summed E-state index contributed by atoms with van der Waals surface area (Å²) in [5.41, 5.74) is 0. The Labute approximate surface area is 98.9 Å². The summed E-state index contributed by atoms with van der Waals surface area (Å²) < 4.78 is 5.48. The van der Waals surface area contributed by atoms with E-state index in [9.17, 15) is 0 Å². The quantitative estimate of drug-likeness (QED) is 0.391. The molecule has 0 amide bonds. The van der Waals surface area contributed by atoms with E-state index in [1.165, 1.54) is 12.8 Å². The van der Waals surface area contributed by atoms with E-state index in [2.05, 4.69) is 29.5 Å². The minimum absolute atomic E-state index is 0.604. The van der Waals surface area contributed by atoms with Crippen molar-refractivity contribution in [1.82, 2.24) is 10.6 Å². The van der Waals surface area contributed by atoms with Gasteiger partial charge in [0.25, 0.3) is 0 Å². The van der Waals surface area contributed by atoms with Crippen LogP contribution in [0.25, 0.3) is 0 Å². The van der Waals surface area contributed by atoms with Crippen LogP contribution in [0.3, 0.4) is 0 Å². The number of hydrogen-bond donors (Lipinski definition) is 2. The van der Waals surface area contributed by atoms with E-state index >= 15 is 0 Å². The van der Waals surface area contributed by atoms with Crippen LogP contribution in [0.5, 0.6) is 0 Å². The van der Waals surface area contributed by atoms with Crippen LogP contribution >= 0.6 is 0 Å². The molecular weight excluding hydrogens is 202 g/mol. The van der Waals surface area contributed by atoms with Gasteiger partial charge in [-0.2, -0.15) is 0 Å². The van der Waals surface area contributed by atoms with Crippen molar-refractivity contribution in [2.24, 2.45) is 16.8 Å². The average molecular weight is 227 g/mol. The number of guanidine groups is 1. The summed E-state index contributed by atoms with van der Waals surface area (Å²) in [6, 6.07) is 0. The SMILES string of the molecule is CN=C(NCCOCC(C)C)NCC1CC1. The highest BCUT2D eigenvalue weighted by atomic mass is 16.5. The lowest BCUT2D eigenvalue weighted by atomic mass is 10.2. The summed E-state index contributed by atoms with van der Waals surface area (Å²) in [6.45, 7) is 7.74. The minimum Gasteiger partial charge on any atom is -0.379 e. The van der Waals surface area contributed by atoms with Crippen molar-refractivity contribution < 1.29 is 4.74 Å². The lowest BCUT2D eigenvalue weighted by molar-refractivity contribution is 0.114. The van der Waals surface area contributed by atoms with Crippen molar-refractivity contribution in [3.8, 4) is 0 Å². The first-order chi connectivity index (χ1) is 7.72. The lowest BCUT2D eigenvalue weighted by Crippen LogP contribution is -2.39. The van der Waals surface area contributed by atoms with Gasteiger partial charge in [0.1, 0.15) is 0 Å². The Hall–Kier alpha value is -0.770. The molecule has 1 rings (SSSR count). The lowest BCUT2D eigenvalue weighted by Gasteiger charge is -2.12. The molecule has 4 nitrogen and oxygen atoms in total. The van der Waals surface area contributed by atoms with Crippen LogP contribution in [0.15, 0.2) is 4.99 Å². The summed E-state index contributed by atoms with van der Waals surface area (Å²) in [4.78, 5) is 4.16. The van der Waals surface area contributed by atoms with E-state index in [1.807, 2.05) is 0 Å². The molecule has 0 aromatic rings. The largest absolute Gasteiger partial charge is 0.379 e. The third kappa shape index (κ3) is 6.67. The molecular formula is C12H25N3O. The van der Waals surface area contributed by atoms with Crippen molar-refractivity contribution in [3.63, 3.8) is 0 Å². The van der Waals surface area contributed by atoms with Gasteiger partial charge in [-0.05, 0) is 24.7 Å². The molecule has 0 unspecified atom stereocenters. The van der Waals surface area contributed by atoms with E-state index in [-0.39, 0.29) is 0 Å². The molecule has 94 valence electrons. The molecule has 1 aliphatic carbocycles. The number of nitrogens with one attached hydrogen (secondary N) is 2. The third-order valence-electron chi connectivity index (χ3n) is 2.47. The summed E-state index contributed by atoms with van der Waals surface area (Å²) >= 11 is 0. The standard InChI is InChI=1S/C12H25N3O/c1-10(2)9-16-7-6-14-12(13-3)15-8-11-4-5-11/h10-11H,4-9H2,1-3H3,(H2,13,14,15). The second kappa shape index (κ2) is 7.49. The van der Waals surface area contributed by atoms with E-state index < -0.39 is 0 Å². The normalized spacial score (nSPS) is 16.6. The van der Waals surface area contributed by atoms with Crippen LogP contribution in [0, 0.1) is 11.8 Å². The Balaban J connectivity index is 1.95.